The van der Waals surface area contributed by atoms with Crippen LogP contribution in [0.2, 0.25) is 0 Å². The van der Waals surface area contributed by atoms with Gasteiger partial charge in [-0.25, -0.2) is 0 Å². The molecule has 2 fully saturated rings. The van der Waals surface area contributed by atoms with Crippen LogP contribution < -0.4 is 5.32 Å². The van der Waals surface area contributed by atoms with E-state index in [2.05, 4.69) is 5.32 Å². The Bertz CT molecular complexity index is 552. The van der Waals surface area contributed by atoms with Gasteiger partial charge in [-0.15, -0.1) is 0 Å². The van der Waals surface area contributed by atoms with E-state index in [9.17, 15) is 9.59 Å². The number of nitrogens with one attached hydrogen (secondary N) is 1. The van der Waals surface area contributed by atoms with Gasteiger partial charge in [0.25, 0.3) is 0 Å². The molecule has 1 N–H and O–H groups in total. The molecule has 23 heavy (non-hydrogen) atoms. The van der Waals surface area contributed by atoms with Gasteiger partial charge in [-0.1, -0.05) is 43.2 Å². The first kappa shape index (κ1) is 16.0. The molecule has 1 heterocycles. The van der Waals surface area contributed by atoms with Crippen molar-refractivity contribution in [2.24, 2.45) is 5.92 Å². The molecule has 0 spiro atoms. The normalized spacial score (nSPS) is 23.0. The van der Waals surface area contributed by atoms with Crippen molar-refractivity contribution in [2.75, 3.05) is 6.54 Å². The van der Waals surface area contributed by atoms with Crippen LogP contribution in [-0.2, 0) is 9.59 Å². The van der Waals surface area contributed by atoms with Crippen LogP contribution in [0.1, 0.15) is 57.1 Å². The summed E-state index contributed by atoms with van der Waals surface area (Å²) < 4.78 is 0. The molecular weight excluding hydrogens is 288 g/mol. The maximum atomic E-state index is 12.7. The minimum Gasteiger partial charge on any atom is -0.348 e. The molecule has 3 rings (SSSR count). The van der Waals surface area contributed by atoms with E-state index in [-0.39, 0.29) is 29.8 Å². The molecular formula is C19H26N2O2. The Balaban J connectivity index is 1.62. The van der Waals surface area contributed by atoms with Gasteiger partial charge < -0.3 is 10.2 Å². The average molecular weight is 314 g/mol. The Hall–Kier alpha value is -1.84. The van der Waals surface area contributed by atoms with Crippen molar-refractivity contribution in [3.05, 3.63) is 35.9 Å². The standard InChI is InChI=1S/C19H26N2O2/c1-14(15-8-3-2-4-9-15)20-18(22)17-12-7-13-21(17)19(23)16-10-5-6-11-16/h2-4,8-9,14,16-17H,5-7,10-13H2,1H3,(H,20,22). The number of hydrogen-bond donors (Lipinski definition) is 1. The molecule has 1 aromatic carbocycles. The van der Waals surface area contributed by atoms with Gasteiger partial charge in [0, 0.05) is 12.5 Å². The second kappa shape index (κ2) is 7.16. The Labute approximate surface area is 138 Å². The van der Waals surface area contributed by atoms with Crippen molar-refractivity contribution in [1.29, 1.82) is 0 Å². The summed E-state index contributed by atoms with van der Waals surface area (Å²) in [4.78, 5) is 27.2. The number of carbonyl (C=O) groups excluding carboxylic acids is 2. The summed E-state index contributed by atoms with van der Waals surface area (Å²) in [7, 11) is 0. The van der Waals surface area contributed by atoms with Crippen LogP contribution in [0, 0.1) is 5.92 Å². The van der Waals surface area contributed by atoms with Crippen molar-refractivity contribution in [3.63, 3.8) is 0 Å². The number of carbonyl (C=O) groups is 2. The lowest BCUT2D eigenvalue weighted by atomic mass is 10.1. The molecule has 0 aromatic heterocycles. The first-order valence-corrected chi connectivity index (χ1v) is 8.82. The molecule has 1 aliphatic heterocycles. The Kier molecular flexibility index (Phi) is 4.99. The molecule has 1 aliphatic carbocycles. The van der Waals surface area contributed by atoms with E-state index < -0.39 is 0 Å². The lowest BCUT2D eigenvalue weighted by Crippen LogP contribution is -2.48. The summed E-state index contributed by atoms with van der Waals surface area (Å²) in [6.45, 7) is 2.72. The molecule has 1 saturated carbocycles. The quantitative estimate of drug-likeness (QED) is 0.928. The molecule has 4 heteroatoms. The van der Waals surface area contributed by atoms with Crippen LogP contribution in [0.5, 0.6) is 0 Å². The molecule has 0 radical (unpaired) electrons. The SMILES string of the molecule is CC(NC(=O)C1CCCN1C(=O)C1CCCC1)c1ccccc1. The minimum atomic E-state index is -0.283. The van der Waals surface area contributed by atoms with Crippen LogP contribution in [0.15, 0.2) is 30.3 Å². The molecule has 1 saturated heterocycles. The number of benzene rings is 1. The zero-order valence-corrected chi connectivity index (χ0v) is 13.8. The number of nitrogens with zero attached hydrogens (tertiary/aromatic N) is 1. The monoisotopic (exact) mass is 314 g/mol. The fourth-order valence-electron chi connectivity index (χ4n) is 3.84. The number of hydrogen-bond acceptors (Lipinski definition) is 2. The number of rotatable bonds is 4. The Morgan fingerprint density at radius 3 is 2.48 bits per heavy atom. The van der Waals surface area contributed by atoms with Gasteiger partial charge in [-0.05, 0) is 38.2 Å². The summed E-state index contributed by atoms with van der Waals surface area (Å²) >= 11 is 0. The molecule has 124 valence electrons. The molecule has 4 nitrogen and oxygen atoms in total. The van der Waals surface area contributed by atoms with E-state index in [1.54, 1.807) is 0 Å². The summed E-state index contributed by atoms with van der Waals surface area (Å²) in [5.74, 6) is 0.340. The first-order chi connectivity index (χ1) is 11.2. The maximum absolute atomic E-state index is 12.7. The van der Waals surface area contributed by atoms with Crippen LogP contribution >= 0.6 is 0 Å². The van der Waals surface area contributed by atoms with Crippen LogP contribution in [0.4, 0.5) is 0 Å². The van der Waals surface area contributed by atoms with Crippen molar-refractivity contribution >= 4 is 11.8 Å². The lowest BCUT2D eigenvalue weighted by molar-refractivity contribution is -0.141. The summed E-state index contributed by atoms with van der Waals surface area (Å²) in [5, 5.41) is 3.08. The van der Waals surface area contributed by atoms with Crippen LogP contribution in [0.25, 0.3) is 0 Å². The zero-order valence-electron chi connectivity index (χ0n) is 13.8. The second-order valence-corrected chi connectivity index (χ2v) is 6.81. The van der Waals surface area contributed by atoms with Gasteiger partial charge in [-0.3, -0.25) is 9.59 Å². The smallest absolute Gasteiger partial charge is 0.243 e. The maximum Gasteiger partial charge on any atom is 0.243 e. The van der Waals surface area contributed by atoms with E-state index in [1.165, 1.54) is 0 Å². The average Bonchev–Trinajstić information content (AvgIpc) is 3.26. The van der Waals surface area contributed by atoms with E-state index in [0.29, 0.717) is 0 Å². The fraction of sp³-hybridized carbons (Fsp3) is 0.579. The van der Waals surface area contributed by atoms with Crippen LogP contribution in [-0.4, -0.2) is 29.3 Å². The summed E-state index contributed by atoms with van der Waals surface area (Å²) in [5.41, 5.74) is 1.09. The van der Waals surface area contributed by atoms with Gasteiger partial charge in [0.1, 0.15) is 6.04 Å². The third-order valence-electron chi connectivity index (χ3n) is 5.20. The third-order valence-corrected chi connectivity index (χ3v) is 5.20. The van der Waals surface area contributed by atoms with E-state index >= 15 is 0 Å². The summed E-state index contributed by atoms with van der Waals surface area (Å²) in [6.07, 6.45) is 5.98. The molecule has 2 unspecified atom stereocenters. The Morgan fingerprint density at radius 2 is 1.78 bits per heavy atom. The van der Waals surface area contributed by atoms with Gasteiger partial charge in [0.15, 0.2) is 0 Å². The lowest BCUT2D eigenvalue weighted by Gasteiger charge is -2.27. The van der Waals surface area contributed by atoms with Crippen molar-refractivity contribution in [3.8, 4) is 0 Å². The highest BCUT2D eigenvalue weighted by Gasteiger charge is 2.38. The summed E-state index contributed by atoms with van der Waals surface area (Å²) in [6, 6.07) is 9.63. The fourth-order valence-corrected chi connectivity index (χ4v) is 3.84. The molecule has 1 aromatic rings. The number of amides is 2. The van der Waals surface area contributed by atoms with E-state index in [1.807, 2.05) is 42.2 Å². The van der Waals surface area contributed by atoms with Gasteiger partial charge in [0.05, 0.1) is 6.04 Å². The molecule has 2 atom stereocenters. The largest absolute Gasteiger partial charge is 0.348 e. The molecule has 2 amide bonds. The third kappa shape index (κ3) is 3.57. The van der Waals surface area contributed by atoms with Gasteiger partial charge >= 0.3 is 0 Å². The van der Waals surface area contributed by atoms with E-state index in [0.717, 1.165) is 50.6 Å². The van der Waals surface area contributed by atoms with Crippen molar-refractivity contribution < 1.29 is 9.59 Å². The van der Waals surface area contributed by atoms with Gasteiger partial charge in [-0.2, -0.15) is 0 Å². The zero-order chi connectivity index (χ0) is 16.2. The first-order valence-electron chi connectivity index (χ1n) is 8.82. The molecule has 2 aliphatic rings. The van der Waals surface area contributed by atoms with Crippen molar-refractivity contribution in [1.82, 2.24) is 10.2 Å². The van der Waals surface area contributed by atoms with Crippen LogP contribution in [0.3, 0.4) is 0 Å². The number of likely N-dealkylation sites (tertiary alicyclic amines) is 1. The Morgan fingerprint density at radius 1 is 1.09 bits per heavy atom. The van der Waals surface area contributed by atoms with Crippen molar-refractivity contribution in [2.45, 2.75) is 57.5 Å². The van der Waals surface area contributed by atoms with E-state index in [4.69, 9.17) is 0 Å². The highest BCUT2D eigenvalue weighted by Crippen LogP contribution is 2.30. The highest BCUT2D eigenvalue weighted by molar-refractivity contribution is 5.89. The minimum absolute atomic E-state index is 0.00907. The predicted octanol–water partition coefficient (Wildman–Crippen LogP) is 3.05. The topological polar surface area (TPSA) is 49.4 Å². The highest BCUT2D eigenvalue weighted by atomic mass is 16.2. The predicted molar refractivity (Wildman–Crippen MR) is 89.7 cm³/mol. The second-order valence-electron chi connectivity index (χ2n) is 6.81. The molecule has 0 bridgehead atoms. The van der Waals surface area contributed by atoms with Gasteiger partial charge in [0.2, 0.25) is 11.8 Å².